The van der Waals surface area contributed by atoms with Gasteiger partial charge in [-0.15, -0.1) is 6.58 Å². The lowest BCUT2D eigenvalue weighted by atomic mass is 10.7. The Morgan fingerprint density at radius 3 is 2.69 bits per heavy atom. The molecular formula is C6H11N2O3PS. The molecule has 5 nitrogen and oxygen atoms in total. The molecule has 0 rings (SSSR count). The maximum Gasteiger partial charge on any atom is 0.340 e. The van der Waals surface area contributed by atoms with Crippen LogP contribution in [-0.2, 0) is 4.57 Å². The minimum Gasteiger partial charge on any atom is -0.324 e. The van der Waals surface area contributed by atoms with Gasteiger partial charge in [-0.1, -0.05) is 18.0 Å². The molecule has 0 aromatic rings. The molecule has 0 bridgehead atoms. The van der Waals surface area contributed by atoms with Crippen molar-refractivity contribution in [2.75, 3.05) is 18.6 Å². The summed E-state index contributed by atoms with van der Waals surface area (Å²) in [6, 6.07) is 1.83. The van der Waals surface area contributed by atoms with Crippen LogP contribution in [0.3, 0.4) is 0 Å². The molecule has 0 saturated heterocycles. The Morgan fingerprint density at radius 1 is 1.69 bits per heavy atom. The third-order valence-corrected chi connectivity index (χ3v) is 2.87. The van der Waals surface area contributed by atoms with E-state index in [9.17, 15) is 4.57 Å². The fourth-order valence-corrected chi connectivity index (χ4v) is 2.33. The summed E-state index contributed by atoms with van der Waals surface area (Å²) in [5.41, 5.74) is 0. The van der Waals surface area contributed by atoms with Crippen LogP contribution in [0.15, 0.2) is 12.7 Å². The van der Waals surface area contributed by atoms with E-state index < -0.39 is 13.9 Å². The van der Waals surface area contributed by atoms with Gasteiger partial charge in [0, 0.05) is 5.75 Å². The Morgan fingerprint density at radius 2 is 2.31 bits per heavy atom. The molecule has 0 spiro atoms. The van der Waals surface area contributed by atoms with Gasteiger partial charge in [-0.05, 0) is 0 Å². The van der Waals surface area contributed by atoms with Gasteiger partial charge in [0.05, 0.1) is 12.6 Å². The first-order chi connectivity index (χ1) is 5.99. The van der Waals surface area contributed by atoms with E-state index in [0.717, 1.165) is 0 Å². The molecule has 74 valence electrons. The molecule has 0 amide bonds. The highest BCUT2D eigenvalue weighted by molar-refractivity contribution is 7.97. The summed E-state index contributed by atoms with van der Waals surface area (Å²) in [4.78, 5) is 17.3. The summed E-state index contributed by atoms with van der Waals surface area (Å²) >= 11 is 1.17. The Balaban J connectivity index is 4.02. The molecule has 0 aliphatic rings. The van der Waals surface area contributed by atoms with Crippen molar-refractivity contribution in [1.82, 2.24) is 4.31 Å². The first-order valence-electron chi connectivity index (χ1n) is 3.40. The van der Waals surface area contributed by atoms with Gasteiger partial charge in [-0.3, -0.25) is 4.57 Å². The maximum atomic E-state index is 10.6. The van der Waals surface area contributed by atoms with Gasteiger partial charge in [0.15, 0.2) is 0 Å². The summed E-state index contributed by atoms with van der Waals surface area (Å²) in [5.74, 6) is 0.529. The molecule has 0 heterocycles. The zero-order valence-corrected chi connectivity index (χ0v) is 8.67. The smallest absolute Gasteiger partial charge is 0.324 e. The minimum atomic E-state index is -4.07. The predicted octanol–water partition coefficient (Wildman–Crippen LogP) is 0.781. The van der Waals surface area contributed by atoms with Crippen LogP contribution in [0, 0.1) is 11.3 Å². The average molecular weight is 222 g/mol. The van der Waals surface area contributed by atoms with E-state index >= 15 is 0 Å². The Kier molecular flexibility index (Phi) is 6.04. The van der Waals surface area contributed by atoms with Crippen LogP contribution in [-0.4, -0.2) is 32.7 Å². The van der Waals surface area contributed by atoms with Crippen molar-refractivity contribution in [3.8, 4) is 6.07 Å². The van der Waals surface area contributed by atoms with Crippen LogP contribution in [0.2, 0.25) is 0 Å². The number of nitriles is 1. The number of hydrogen-bond donors (Lipinski definition) is 2. The second kappa shape index (κ2) is 6.19. The average Bonchev–Trinajstić information content (AvgIpc) is 1.98. The lowest BCUT2D eigenvalue weighted by molar-refractivity contribution is 0.356. The fraction of sp³-hybridized carbons (Fsp3) is 0.500. The monoisotopic (exact) mass is 222 g/mol. The van der Waals surface area contributed by atoms with E-state index in [4.69, 9.17) is 15.0 Å². The van der Waals surface area contributed by atoms with Crippen molar-refractivity contribution in [2.45, 2.75) is 0 Å². The lowest BCUT2D eigenvalue weighted by Gasteiger charge is -2.16. The van der Waals surface area contributed by atoms with Crippen molar-refractivity contribution < 1.29 is 14.4 Å². The number of hydrogen-bond acceptors (Lipinski definition) is 4. The molecule has 0 fully saturated rings. The Labute approximate surface area is 81.3 Å². The van der Waals surface area contributed by atoms with E-state index in [1.807, 2.05) is 6.07 Å². The van der Waals surface area contributed by atoms with Crippen LogP contribution in [0.4, 0.5) is 0 Å². The molecule has 2 N–H and O–H groups in total. The maximum absolute atomic E-state index is 10.6. The van der Waals surface area contributed by atoms with Crippen LogP contribution in [0.1, 0.15) is 0 Å². The molecule has 0 atom stereocenters. The molecule has 0 saturated carbocycles. The van der Waals surface area contributed by atoms with Crippen molar-refractivity contribution >= 4 is 19.5 Å². The highest BCUT2D eigenvalue weighted by atomic mass is 32.2. The Bertz CT molecular complexity index is 247. The molecule has 0 aromatic heterocycles. The van der Waals surface area contributed by atoms with Crippen LogP contribution < -0.4 is 0 Å². The topological polar surface area (TPSA) is 84.6 Å². The van der Waals surface area contributed by atoms with Crippen molar-refractivity contribution in [3.63, 3.8) is 0 Å². The van der Waals surface area contributed by atoms with E-state index in [-0.39, 0.29) is 6.54 Å². The largest absolute Gasteiger partial charge is 0.340 e. The lowest BCUT2D eigenvalue weighted by Crippen LogP contribution is -2.17. The number of nitrogens with zero attached hydrogens (tertiary/aromatic N) is 2. The highest BCUT2D eigenvalue weighted by Crippen LogP contribution is 2.36. The second-order valence-corrected chi connectivity index (χ2v) is 4.91. The van der Waals surface area contributed by atoms with Gasteiger partial charge in [0.1, 0.15) is 6.29 Å². The van der Waals surface area contributed by atoms with Crippen molar-refractivity contribution in [1.29, 1.82) is 5.26 Å². The molecule has 0 aliphatic heterocycles. The van der Waals surface area contributed by atoms with Crippen molar-refractivity contribution in [2.24, 2.45) is 0 Å². The zero-order chi connectivity index (χ0) is 10.3. The van der Waals surface area contributed by atoms with Gasteiger partial charge >= 0.3 is 7.60 Å². The summed E-state index contributed by atoms with van der Waals surface area (Å²) < 4.78 is 11.9. The first-order valence-corrected chi connectivity index (χ1v) is 6.14. The molecule has 0 aliphatic carbocycles. The van der Waals surface area contributed by atoms with Crippen LogP contribution in [0.25, 0.3) is 0 Å². The summed E-state index contributed by atoms with van der Waals surface area (Å²) in [6.45, 7) is 3.45. The molecule has 0 unspecified atom stereocenters. The first kappa shape index (κ1) is 12.7. The quantitative estimate of drug-likeness (QED) is 0.299. The van der Waals surface area contributed by atoms with Gasteiger partial charge in [-0.25, -0.2) is 4.31 Å². The minimum absolute atomic E-state index is 0.0103. The normalized spacial score (nSPS) is 11.2. The predicted molar refractivity (Wildman–Crippen MR) is 51.9 cm³/mol. The van der Waals surface area contributed by atoms with E-state index in [1.165, 1.54) is 16.3 Å². The molecule has 7 heteroatoms. The third-order valence-electron chi connectivity index (χ3n) is 0.964. The second-order valence-electron chi connectivity index (χ2n) is 2.19. The summed E-state index contributed by atoms with van der Waals surface area (Å²) in [6.07, 6.45) is 1.20. The van der Waals surface area contributed by atoms with E-state index in [0.29, 0.717) is 5.75 Å². The van der Waals surface area contributed by atoms with E-state index in [1.54, 1.807) is 6.08 Å². The van der Waals surface area contributed by atoms with Crippen LogP contribution in [0.5, 0.6) is 0 Å². The number of rotatable bonds is 6. The Hall–Kier alpha value is -0.310. The third kappa shape index (κ3) is 8.03. The summed E-state index contributed by atoms with van der Waals surface area (Å²) in [7, 11) is -4.07. The molecule has 0 aromatic carbocycles. The standard InChI is InChI=1S/C6H11N2O3PS/c1-2-5-13-8(4-3-7)6-12(9,10)11/h2H,1,4-6H2,(H2,9,10,11). The van der Waals surface area contributed by atoms with Gasteiger partial charge in [0.25, 0.3) is 0 Å². The molecular weight excluding hydrogens is 211 g/mol. The summed E-state index contributed by atoms with van der Waals surface area (Å²) in [5, 5.41) is 8.35. The SMILES string of the molecule is C=CCSN(CC#N)CP(=O)(O)O. The molecule has 0 radical (unpaired) electrons. The zero-order valence-electron chi connectivity index (χ0n) is 6.96. The van der Waals surface area contributed by atoms with E-state index in [2.05, 4.69) is 6.58 Å². The van der Waals surface area contributed by atoms with Gasteiger partial charge in [-0.2, -0.15) is 5.26 Å². The van der Waals surface area contributed by atoms with Crippen LogP contribution >= 0.6 is 19.5 Å². The molecule has 13 heavy (non-hydrogen) atoms. The van der Waals surface area contributed by atoms with Gasteiger partial charge < -0.3 is 9.79 Å². The highest BCUT2D eigenvalue weighted by Gasteiger charge is 2.18. The van der Waals surface area contributed by atoms with Crippen molar-refractivity contribution in [3.05, 3.63) is 12.7 Å². The van der Waals surface area contributed by atoms with Gasteiger partial charge in [0.2, 0.25) is 0 Å². The fourth-order valence-electron chi connectivity index (χ4n) is 0.579.